The Kier molecular flexibility index (Phi) is 7.34. The average molecular weight is 265 g/mol. The summed E-state index contributed by atoms with van der Waals surface area (Å²) >= 11 is 0. The van der Waals surface area contributed by atoms with Crippen LogP contribution in [-0.4, -0.2) is 25.3 Å². The number of rotatable bonds is 9. The van der Waals surface area contributed by atoms with E-state index >= 15 is 0 Å². The molecule has 0 spiro atoms. The molecule has 1 aromatic carbocycles. The first-order valence-electron chi connectivity index (χ1n) is 7.34. The van der Waals surface area contributed by atoms with Gasteiger partial charge >= 0.3 is 0 Å². The van der Waals surface area contributed by atoms with Gasteiger partial charge in [-0.3, -0.25) is 0 Å². The lowest BCUT2D eigenvalue weighted by Crippen LogP contribution is -2.41. The topological polar surface area (TPSA) is 30.5 Å². The second-order valence-electron chi connectivity index (χ2n) is 4.70. The molecular formula is C16H27NO2. The van der Waals surface area contributed by atoms with Crippen LogP contribution in [-0.2, 0) is 0 Å². The van der Waals surface area contributed by atoms with E-state index in [1.54, 1.807) is 0 Å². The Morgan fingerprint density at radius 2 is 1.68 bits per heavy atom. The van der Waals surface area contributed by atoms with Crippen LogP contribution in [0.4, 0.5) is 0 Å². The molecule has 0 aliphatic rings. The zero-order valence-corrected chi connectivity index (χ0v) is 12.6. The molecule has 0 fully saturated rings. The summed E-state index contributed by atoms with van der Waals surface area (Å²) in [4.78, 5) is 0. The maximum atomic E-state index is 5.98. The van der Waals surface area contributed by atoms with Crippen LogP contribution in [0.2, 0.25) is 0 Å². The first-order valence-corrected chi connectivity index (χ1v) is 7.34. The molecular weight excluding hydrogens is 238 g/mol. The number of nitrogens with one attached hydrogen (secondary N) is 1. The van der Waals surface area contributed by atoms with Gasteiger partial charge < -0.3 is 14.8 Å². The minimum absolute atomic E-state index is 0.162. The van der Waals surface area contributed by atoms with Gasteiger partial charge in [0.1, 0.15) is 17.6 Å². The van der Waals surface area contributed by atoms with Crippen LogP contribution >= 0.6 is 0 Å². The summed E-state index contributed by atoms with van der Waals surface area (Å²) in [6.45, 7) is 10.2. The molecule has 0 amide bonds. The van der Waals surface area contributed by atoms with Crippen molar-refractivity contribution in [2.24, 2.45) is 0 Å². The molecule has 0 aliphatic carbocycles. The van der Waals surface area contributed by atoms with Crippen LogP contribution in [0.1, 0.15) is 40.5 Å². The quantitative estimate of drug-likeness (QED) is 0.739. The predicted molar refractivity (Wildman–Crippen MR) is 80.1 cm³/mol. The summed E-state index contributed by atoms with van der Waals surface area (Å²) in [7, 11) is 0. The van der Waals surface area contributed by atoms with Crippen molar-refractivity contribution in [2.75, 3.05) is 13.2 Å². The third kappa shape index (κ3) is 5.52. The molecule has 1 rings (SSSR count). The van der Waals surface area contributed by atoms with Crippen molar-refractivity contribution in [2.45, 2.75) is 52.7 Å². The molecule has 1 aromatic rings. The highest BCUT2D eigenvalue weighted by atomic mass is 16.5. The maximum absolute atomic E-state index is 5.98. The van der Waals surface area contributed by atoms with Gasteiger partial charge in [-0.25, -0.2) is 0 Å². The van der Waals surface area contributed by atoms with E-state index in [9.17, 15) is 0 Å². The smallest absolute Gasteiger partial charge is 0.120 e. The van der Waals surface area contributed by atoms with Gasteiger partial charge in [0, 0.05) is 6.04 Å². The molecule has 0 saturated carbocycles. The van der Waals surface area contributed by atoms with Crippen LogP contribution in [0.25, 0.3) is 0 Å². The first-order chi connectivity index (χ1) is 9.21. The molecule has 1 N–H and O–H groups in total. The Morgan fingerprint density at radius 1 is 1.05 bits per heavy atom. The third-order valence-electron chi connectivity index (χ3n) is 3.12. The summed E-state index contributed by atoms with van der Waals surface area (Å²) in [5.41, 5.74) is 0. The second kappa shape index (κ2) is 8.81. The van der Waals surface area contributed by atoms with Gasteiger partial charge in [0.2, 0.25) is 0 Å². The fourth-order valence-electron chi connectivity index (χ4n) is 2.05. The highest BCUT2D eigenvalue weighted by Crippen LogP contribution is 2.19. The van der Waals surface area contributed by atoms with Crippen LogP contribution in [0, 0.1) is 0 Å². The standard InChI is InChI=1S/C16H27NO2/c1-5-12-17-16(6-2)13(4)19-15-10-8-14(9-11-15)18-7-3/h8-11,13,16-17H,5-7,12H2,1-4H3. The third-order valence-corrected chi connectivity index (χ3v) is 3.12. The van der Waals surface area contributed by atoms with Gasteiger partial charge in [0.05, 0.1) is 6.61 Å². The number of hydrogen-bond acceptors (Lipinski definition) is 3. The van der Waals surface area contributed by atoms with Crippen LogP contribution in [0.5, 0.6) is 11.5 Å². The van der Waals surface area contributed by atoms with Crippen molar-refractivity contribution in [1.82, 2.24) is 5.32 Å². The summed E-state index contributed by atoms with van der Waals surface area (Å²) in [5.74, 6) is 1.78. The number of benzene rings is 1. The molecule has 0 aromatic heterocycles. The molecule has 0 aliphatic heterocycles. The highest BCUT2D eigenvalue weighted by molar-refractivity contribution is 5.31. The average Bonchev–Trinajstić information content (AvgIpc) is 2.42. The van der Waals surface area contributed by atoms with E-state index in [2.05, 4.69) is 26.1 Å². The summed E-state index contributed by atoms with van der Waals surface area (Å²) < 4.78 is 11.4. The minimum atomic E-state index is 0.162. The van der Waals surface area contributed by atoms with Crippen molar-refractivity contribution in [1.29, 1.82) is 0 Å². The SMILES string of the molecule is CCCNC(CC)C(C)Oc1ccc(OCC)cc1. The predicted octanol–water partition coefficient (Wildman–Crippen LogP) is 3.63. The molecule has 0 heterocycles. The van der Waals surface area contributed by atoms with Crippen LogP contribution < -0.4 is 14.8 Å². The van der Waals surface area contributed by atoms with E-state index in [1.165, 1.54) is 0 Å². The lowest BCUT2D eigenvalue weighted by Gasteiger charge is -2.25. The molecule has 2 unspecified atom stereocenters. The normalized spacial score (nSPS) is 13.9. The number of ether oxygens (including phenoxy) is 2. The van der Waals surface area contributed by atoms with Gasteiger partial charge in [-0.15, -0.1) is 0 Å². The lowest BCUT2D eigenvalue weighted by molar-refractivity contribution is 0.167. The minimum Gasteiger partial charge on any atom is -0.494 e. The summed E-state index contributed by atoms with van der Waals surface area (Å²) in [5, 5.41) is 3.52. The van der Waals surface area contributed by atoms with E-state index in [0.717, 1.165) is 30.9 Å². The number of hydrogen-bond donors (Lipinski definition) is 1. The van der Waals surface area contributed by atoms with Crippen molar-refractivity contribution in [3.8, 4) is 11.5 Å². The Balaban J connectivity index is 2.51. The van der Waals surface area contributed by atoms with Gasteiger partial charge in [0.25, 0.3) is 0 Å². The van der Waals surface area contributed by atoms with E-state index in [0.29, 0.717) is 12.6 Å². The van der Waals surface area contributed by atoms with Gasteiger partial charge in [-0.1, -0.05) is 13.8 Å². The molecule has 108 valence electrons. The Hall–Kier alpha value is -1.22. The first kappa shape index (κ1) is 15.8. The Labute approximate surface area is 117 Å². The van der Waals surface area contributed by atoms with Crippen LogP contribution in [0.3, 0.4) is 0 Å². The Morgan fingerprint density at radius 3 is 2.21 bits per heavy atom. The molecule has 19 heavy (non-hydrogen) atoms. The van der Waals surface area contributed by atoms with Crippen molar-refractivity contribution >= 4 is 0 Å². The zero-order valence-electron chi connectivity index (χ0n) is 12.6. The molecule has 0 bridgehead atoms. The van der Waals surface area contributed by atoms with Gasteiger partial charge in [0.15, 0.2) is 0 Å². The van der Waals surface area contributed by atoms with Crippen LogP contribution in [0.15, 0.2) is 24.3 Å². The van der Waals surface area contributed by atoms with Crippen molar-refractivity contribution in [3.05, 3.63) is 24.3 Å². The molecule has 0 saturated heterocycles. The molecule has 2 atom stereocenters. The van der Waals surface area contributed by atoms with E-state index in [-0.39, 0.29) is 6.10 Å². The monoisotopic (exact) mass is 265 g/mol. The van der Waals surface area contributed by atoms with Gasteiger partial charge in [-0.2, -0.15) is 0 Å². The van der Waals surface area contributed by atoms with E-state index in [4.69, 9.17) is 9.47 Å². The molecule has 0 radical (unpaired) electrons. The second-order valence-corrected chi connectivity index (χ2v) is 4.70. The highest BCUT2D eigenvalue weighted by Gasteiger charge is 2.15. The summed E-state index contributed by atoms with van der Waals surface area (Å²) in [6, 6.07) is 8.23. The van der Waals surface area contributed by atoms with Crippen molar-refractivity contribution < 1.29 is 9.47 Å². The Bertz CT molecular complexity index is 337. The van der Waals surface area contributed by atoms with Crippen molar-refractivity contribution in [3.63, 3.8) is 0 Å². The fraction of sp³-hybridized carbons (Fsp3) is 0.625. The zero-order chi connectivity index (χ0) is 14.1. The largest absolute Gasteiger partial charge is 0.494 e. The lowest BCUT2D eigenvalue weighted by atomic mass is 10.1. The van der Waals surface area contributed by atoms with E-state index < -0.39 is 0 Å². The maximum Gasteiger partial charge on any atom is 0.120 e. The fourth-order valence-corrected chi connectivity index (χ4v) is 2.05. The molecule has 3 nitrogen and oxygen atoms in total. The molecule has 3 heteroatoms. The summed E-state index contributed by atoms with van der Waals surface area (Å²) in [6.07, 6.45) is 2.37. The van der Waals surface area contributed by atoms with Gasteiger partial charge in [-0.05, 0) is 57.5 Å². The van der Waals surface area contributed by atoms with E-state index in [1.807, 2.05) is 31.2 Å².